The summed E-state index contributed by atoms with van der Waals surface area (Å²) in [5.41, 5.74) is 3.80. The first-order valence-electron chi connectivity index (χ1n) is 11.7. The highest BCUT2D eigenvalue weighted by atomic mass is 32.1. The summed E-state index contributed by atoms with van der Waals surface area (Å²) in [5, 5.41) is 0.835. The molecule has 4 rings (SSSR count). The molecule has 2 aromatic carbocycles. The molecule has 0 aliphatic carbocycles. The molecule has 2 aromatic heterocycles. The van der Waals surface area contributed by atoms with Crippen LogP contribution in [0.2, 0.25) is 0 Å². The second-order valence-electron chi connectivity index (χ2n) is 8.10. The smallest absolute Gasteiger partial charge is 0.326 e. The third-order valence-corrected chi connectivity index (χ3v) is 7.03. The molecule has 7 heteroatoms. The summed E-state index contributed by atoms with van der Waals surface area (Å²) in [4.78, 5) is 18.6. The van der Waals surface area contributed by atoms with Gasteiger partial charge in [-0.1, -0.05) is 13.8 Å². The SMILES string of the molecule is CCC(CC)OC(=O)Cn1cccc1-c1nc(-c2ccc(OC)cc2)c(-c2ccc(OC)cc2)s1. The van der Waals surface area contributed by atoms with E-state index in [-0.39, 0.29) is 18.6 Å². The number of carbonyl (C=O) groups is 1. The molecule has 0 unspecified atom stereocenters. The Morgan fingerprint density at radius 1 is 0.914 bits per heavy atom. The van der Waals surface area contributed by atoms with Crippen molar-refractivity contribution in [1.29, 1.82) is 0 Å². The van der Waals surface area contributed by atoms with Crippen LogP contribution in [0.15, 0.2) is 66.9 Å². The molecule has 0 spiro atoms. The first kappa shape index (κ1) is 24.5. The van der Waals surface area contributed by atoms with Gasteiger partial charge in [0, 0.05) is 11.8 Å². The van der Waals surface area contributed by atoms with Crippen molar-refractivity contribution in [3.8, 4) is 43.9 Å². The van der Waals surface area contributed by atoms with Crippen molar-refractivity contribution in [3.05, 3.63) is 66.9 Å². The molecule has 6 nitrogen and oxygen atoms in total. The van der Waals surface area contributed by atoms with Gasteiger partial charge < -0.3 is 18.8 Å². The number of ether oxygens (including phenoxy) is 3. The number of rotatable bonds is 10. The maximum Gasteiger partial charge on any atom is 0.326 e. The maximum absolute atomic E-state index is 12.6. The fourth-order valence-electron chi connectivity index (χ4n) is 3.88. The molecular formula is C28H30N2O4S. The van der Waals surface area contributed by atoms with Gasteiger partial charge in [0.15, 0.2) is 0 Å². The highest BCUT2D eigenvalue weighted by Gasteiger charge is 2.20. The number of carbonyl (C=O) groups excluding carboxylic acids is 1. The number of methoxy groups -OCH3 is 2. The molecule has 2 heterocycles. The van der Waals surface area contributed by atoms with Crippen molar-refractivity contribution >= 4 is 17.3 Å². The minimum absolute atomic E-state index is 0.0512. The van der Waals surface area contributed by atoms with Crippen molar-refractivity contribution in [2.45, 2.75) is 39.3 Å². The molecule has 182 valence electrons. The van der Waals surface area contributed by atoms with E-state index < -0.39 is 0 Å². The summed E-state index contributed by atoms with van der Waals surface area (Å²) in [5.74, 6) is 1.35. The third-order valence-electron chi connectivity index (χ3n) is 5.90. The van der Waals surface area contributed by atoms with Crippen LogP contribution in [0.4, 0.5) is 0 Å². The van der Waals surface area contributed by atoms with Crippen LogP contribution in [0.25, 0.3) is 32.4 Å². The van der Waals surface area contributed by atoms with Gasteiger partial charge in [-0.05, 0) is 79.1 Å². The first-order valence-corrected chi connectivity index (χ1v) is 12.5. The maximum atomic E-state index is 12.6. The van der Waals surface area contributed by atoms with Gasteiger partial charge in [-0.2, -0.15) is 0 Å². The minimum Gasteiger partial charge on any atom is -0.497 e. The number of hydrogen-bond donors (Lipinski definition) is 0. The number of nitrogens with zero attached hydrogens (tertiary/aromatic N) is 2. The van der Waals surface area contributed by atoms with Crippen LogP contribution in [0, 0.1) is 0 Å². The van der Waals surface area contributed by atoms with E-state index in [1.807, 2.05) is 85.3 Å². The number of aromatic nitrogens is 2. The Balaban J connectivity index is 1.72. The predicted octanol–water partition coefficient (Wildman–Crippen LogP) is 6.69. The molecular weight excluding hydrogens is 460 g/mol. The van der Waals surface area contributed by atoms with Crippen LogP contribution in [0.1, 0.15) is 26.7 Å². The predicted molar refractivity (Wildman–Crippen MR) is 140 cm³/mol. The van der Waals surface area contributed by atoms with E-state index >= 15 is 0 Å². The van der Waals surface area contributed by atoms with Crippen LogP contribution in [-0.4, -0.2) is 35.8 Å². The van der Waals surface area contributed by atoms with Gasteiger partial charge in [0.1, 0.15) is 29.2 Å². The van der Waals surface area contributed by atoms with E-state index in [1.54, 1.807) is 25.6 Å². The van der Waals surface area contributed by atoms with E-state index in [2.05, 4.69) is 0 Å². The lowest BCUT2D eigenvalue weighted by Crippen LogP contribution is -2.20. The topological polar surface area (TPSA) is 62.6 Å². The average molecular weight is 491 g/mol. The van der Waals surface area contributed by atoms with Crippen molar-refractivity contribution in [2.24, 2.45) is 0 Å². The van der Waals surface area contributed by atoms with Gasteiger partial charge in [0.2, 0.25) is 0 Å². The number of hydrogen-bond acceptors (Lipinski definition) is 6. The Bertz CT molecular complexity index is 1190. The lowest BCUT2D eigenvalue weighted by Gasteiger charge is -2.15. The highest BCUT2D eigenvalue weighted by molar-refractivity contribution is 7.18. The lowest BCUT2D eigenvalue weighted by atomic mass is 10.1. The molecule has 0 saturated heterocycles. The zero-order chi connectivity index (χ0) is 24.8. The van der Waals surface area contributed by atoms with E-state index in [4.69, 9.17) is 19.2 Å². The number of esters is 1. The Morgan fingerprint density at radius 3 is 2.09 bits per heavy atom. The van der Waals surface area contributed by atoms with Gasteiger partial charge in [0.25, 0.3) is 0 Å². The highest BCUT2D eigenvalue weighted by Crippen LogP contribution is 2.41. The molecule has 0 amide bonds. The number of benzene rings is 2. The molecule has 0 saturated carbocycles. The largest absolute Gasteiger partial charge is 0.497 e. The zero-order valence-corrected chi connectivity index (χ0v) is 21.3. The van der Waals surface area contributed by atoms with E-state index in [0.29, 0.717) is 0 Å². The summed E-state index contributed by atoms with van der Waals surface area (Å²) in [7, 11) is 3.31. The van der Waals surface area contributed by atoms with Crippen LogP contribution in [0.5, 0.6) is 11.5 Å². The molecule has 0 radical (unpaired) electrons. The second kappa shape index (κ2) is 11.2. The molecule has 0 aliphatic rings. The van der Waals surface area contributed by atoms with Gasteiger partial charge in [-0.25, -0.2) is 4.98 Å². The van der Waals surface area contributed by atoms with Gasteiger partial charge in [-0.15, -0.1) is 11.3 Å². The van der Waals surface area contributed by atoms with Crippen molar-refractivity contribution in [3.63, 3.8) is 0 Å². The van der Waals surface area contributed by atoms with Crippen LogP contribution in [0.3, 0.4) is 0 Å². The van der Waals surface area contributed by atoms with Crippen LogP contribution in [-0.2, 0) is 16.1 Å². The summed E-state index contributed by atoms with van der Waals surface area (Å²) in [6.07, 6.45) is 3.46. The Morgan fingerprint density at radius 2 is 1.51 bits per heavy atom. The fourth-order valence-corrected chi connectivity index (χ4v) is 5.01. The van der Waals surface area contributed by atoms with Gasteiger partial charge in [0.05, 0.1) is 30.5 Å². The molecule has 35 heavy (non-hydrogen) atoms. The molecule has 0 N–H and O–H groups in total. The summed E-state index contributed by atoms with van der Waals surface area (Å²) >= 11 is 1.60. The second-order valence-corrected chi connectivity index (χ2v) is 9.10. The first-order chi connectivity index (χ1) is 17.1. The van der Waals surface area contributed by atoms with E-state index in [9.17, 15) is 4.79 Å². The normalized spacial score (nSPS) is 11.0. The molecule has 4 aromatic rings. The Kier molecular flexibility index (Phi) is 7.87. The molecule has 0 fully saturated rings. The average Bonchev–Trinajstić information content (AvgIpc) is 3.54. The molecule has 0 atom stereocenters. The fraction of sp³-hybridized carbons (Fsp3) is 0.286. The Hall–Kier alpha value is -3.58. The quantitative estimate of drug-likeness (QED) is 0.232. The zero-order valence-electron chi connectivity index (χ0n) is 20.5. The minimum atomic E-state index is -0.238. The molecule has 0 aliphatic heterocycles. The van der Waals surface area contributed by atoms with E-state index in [0.717, 1.165) is 56.7 Å². The van der Waals surface area contributed by atoms with Gasteiger partial charge >= 0.3 is 5.97 Å². The summed E-state index contributed by atoms with van der Waals surface area (Å²) in [6.45, 7) is 4.20. The summed E-state index contributed by atoms with van der Waals surface area (Å²) < 4.78 is 18.2. The van der Waals surface area contributed by atoms with Gasteiger partial charge in [-0.3, -0.25) is 4.79 Å². The lowest BCUT2D eigenvalue weighted by molar-refractivity contribution is -0.150. The van der Waals surface area contributed by atoms with E-state index in [1.165, 1.54) is 0 Å². The summed E-state index contributed by atoms with van der Waals surface area (Å²) in [6, 6.07) is 19.8. The monoisotopic (exact) mass is 490 g/mol. The Labute approximate surface area is 210 Å². The third kappa shape index (κ3) is 5.57. The van der Waals surface area contributed by atoms with Crippen molar-refractivity contribution in [2.75, 3.05) is 14.2 Å². The number of thiazole rings is 1. The van der Waals surface area contributed by atoms with Crippen LogP contribution >= 0.6 is 11.3 Å². The van der Waals surface area contributed by atoms with Crippen molar-refractivity contribution in [1.82, 2.24) is 9.55 Å². The standard InChI is InChI=1S/C28H30N2O4S/c1-5-21(6-2)34-25(31)18-30-17-7-8-24(30)28-29-26(19-9-13-22(32-3)14-10-19)27(35-28)20-11-15-23(33-4)16-12-20/h7-17,21H,5-6,18H2,1-4H3. The molecule has 0 bridgehead atoms. The van der Waals surface area contributed by atoms with Crippen LogP contribution < -0.4 is 9.47 Å². The van der Waals surface area contributed by atoms with Crippen molar-refractivity contribution < 1.29 is 19.0 Å².